The van der Waals surface area contributed by atoms with Crippen molar-refractivity contribution in [2.24, 2.45) is 0 Å². The lowest BCUT2D eigenvalue weighted by Gasteiger charge is -2.00. The summed E-state index contributed by atoms with van der Waals surface area (Å²) >= 11 is 0.912. The van der Waals surface area contributed by atoms with Crippen LogP contribution in [0.5, 0.6) is 5.75 Å². The highest BCUT2D eigenvalue weighted by atomic mass is 32.2. The van der Waals surface area contributed by atoms with E-state index in [2.05, 4.69) is 10.2 Å². The molecule has 0 unspecified atom stereocenters. The maximum Gasteiger partial charge on any atom is 0.284 e. The molecule has 3 rings (SSSR count). The predicted molar refractivity (Wildman–Crippen MR) is 82.9 cm³/mol. The molecule has 1 heterocycles. The van der Waals surface area contributed by atoms with E-state index in [9.17, 15) is 4.79 Å². The van der Waals surface area contributed by atoms with Crippen molar-refractivity contribution in [2.75, 3.05) is 7.11 Å². The number of methoxy groups -OCH3 is 1. The molecule has 0 N–H and O–H groups in total. The van der Waals surface area contributed by atoms with Gasteiger partial charge in [0.05, 0.1) is 7.11 Å². The van der Waals surface area contributed by atoms with Gasteiger partial charge in [-0.15, -0.1) is 10.2 Å². The summed E-state index contributed by atoms with van der Waals surface area (Å²) in [5, 5.41) is 7.94. The zero-order valence-electron chi connectivity index (χ0n) is 11.7. The Kier molecular flexibility index (Phi) is 4.20. The third kappa shape index (κ3) is 3.17. The predicted octanol–water partition coefficient (Wildman–Crippen LogP) is 3.68. The molecular weight excluding hydrogens is 300 g/mol. The lowest BCUT2D eigenvalue weighted by molar-refractivity contribution is 0.108. The molecule has 2 aromatic carbocycles. The van der Waals surface area contributed by atoms with Crippen molar-refractivity contribution >= 4 is 16.9 Å². The van der Waals surface area contributed by atoms with E-state index >= 15 is 0 Å². The van der Waals surface area contributed by atoms with Crippen LogP contribution in [0, 0.1) is 0 Å². The van der Waals surface area contributed by atoms with E-state index in [4.69, 9.17) is 9.15 Å². The number of rotatable bonds is 4. The number of hydrogen-bond acceptors (Lipinski definition) is 6. The lowest BCUT2D eigenvalue weighted by atomic mass is 10.2. The molecule has 22 heavy (non-hydrogen) atoms. The third-order valence-electron chi connectivity index (χ3n) is 2.91. The maximum absolute atomic E-state index is 12.1. The van der Waals surface area contributed by atoms with Gasteiger partial charge in [0.25, 0.3) is 5.22 Å². The molecule has 5 nitrogen and oxygen atoms in total. The largest absolute Gasteiger partial charge is 0.497 e. The van der Waals surface area contributed by atoms with Gasteiger partial charge in [0.1, 0.15) is 5.75 Å². The van der Waals surface area contributed by atoms with Crippen molar-refractivity contribution in [3.8, 4) is 17.2 Å². The number of carbonyl (C=O) groups is 1. The Bertz CT molecular complexity index is 787. The average molecular weight is 312 g/mol. The molecule has 0 spiro atoms. The minimum atomic E-state index is -0.138. The highest BCUT2D eigenvalue weighted by Crippen LogP contribution is 2.27. The molecule has 0 radical (unpaired) electrons. The highest BCUT2D eigenvalue weighted by Gasteiger charge is 2.15. The van der Waals surface area contributed by atoms with Gasteiger partial charge in [0.15, 0.2) is 0 Å². The molecule has 0 atom stereocenters. The van der Waals surface area contributed by atoms with Crippen molar-refractivity contribution in [1.29, 1.82) is 0 Å². The van der Waals surface area contributed by atoms with Crippen LogP contribution in [0.2, 0.25) is 0 Å². The van der Waals surface area contributed by atoms with Gasteiger partial charge >= 0.3 is 0 Å². The topological polar surface area (TPSA) is 65.2 Å². The molecule has 0 saturated heterocycles. The van der Waals surface area contributed by atoms with Gasteiger partial charge in [-0.2, -0.15) is 0 Å². The second kappa shape index (κ2) is 6.44. The molecule has 0 aliphatic rings. The van der Waals surface area contributed by atoms with Crippen molar-refractivity contribution in [2.45, 2.75) is 5.22 Å². The van der Waals surface area contributed by atoms with Gasteiger partial charge in [-0.05, 0) is 18.2 Å². The van der Waals surface area contributed by atoms with E-state index in [0.29, 0.717) is 17.2 Å². The van der Waals surface area contributed by atoms with E-state index < -0.39 is 0 Å². The van der Waals surface area contributed by atoms with Crippen LogP contribution in [-0.2, 0) is 0 Å². The zero-order chi connectivity index (χ0) is 15.4. The Morgan fingerprint density at radius 1 is 1.09 bits per heavy atom. The average Bonchev–Trinajstić information content (AvgIpc) is 3.04. The van der Waals surface area contributed by atoms with Crippen LogP contribution < -0.4 is 4.74 Å². The normalized spacial score (nSPS) is 10.4. The fourth-order valence-electron chi connectivity index (χ4n) is 1.84. The minimum absolute atomic E-state index is 0.138. The summed E-state index contributed by atoms with van der Waals surface area (Å²) in [6.45, 7) is 0. The monoisotopic (exact) mass is 312 g/mol. The lowest BCUT2D eigenvalue weighted by Crippen LogP contribution is -1.92. The van der Waals surface area contributed by atoms with Crippen molar-refractivity contribution in [3.05, 3.63) is 60.2 Å². The summed E-state index contributed by atoms with van der Waals surface area (Å²) in [6.07, 6.45) is 0. The van der Waals surface area contributed by atoms with Crippen LogP contribution in [0.4, 0.5) is 0 Å². The Labute approximate surface area is 131 Å². The van der Waals surface area contributed by atoms with Gasteiger partial charge in [0.2, 0.25) is 11.0 Å². The first-order chi connectivity index (χ1) is 10.8. The molecule has 0 saturated carbocycles. The summed E-state index contributed by atoms with van der Waals surface area (Å²) in [7, 11) is 1.59. The highest BCUT2D eigenvalue weighted by molar-refractivity contribution is 8.14. The van der Waals surface area contributed by atoms with Crippen LogP contribution in [0.1, 0.15) is 10.4 Å². The van der Waals surface area contributed by atoms with Crippen LogP contribution in [0.15, 0.2) is 64.2 Å². The van der Waals surface area contributed by atoms with Crippen LogP contribution >= 0.6 is 11.8 Å². The van der Waals surface area contributed by atoms with E-state index in [1.165, 1.54) is 0 Å². The van der Waals surface area contributed by atoms with Gasteiger partial charge in [-0.1, -0.05) is 36.4 Å². The molecular formula is C16H12N2O3S. The van der Waals surface area contributed by atoms with Crippen molar-refractivity contribution in [1.82, 2.24) is 10.2 Å². The summed E-state index contributed by atoms with van der Waals surface area (Å²) < 4.78 is 10.7. The molecule has 6 heteroatoms. The summed E-state index contributed by atoms with van der Waals surface area (Å²) in [5.41, 5.74) is 1.33. The van der Waals surface area contributed by atoms with Gasteiger partial charge < -0.3 is 9.15 Å². The second-order valence-corrected chi connectivity index (χ2v) is 5.28. The summed E-state index contributed by atoms with van der Waals surface area (Å²) in [4.78, 5) is 12.1. The Morgan fingerprint density at radius 2 is 1.91 bits per heavy atom. The van der Waals surface area contributed by atoms with Gasteiger partial charge in [-0.3, -0.25) is 4.79 Å². The van der Waals surface area contributed by atoms with E-state index in [0.717, 1.165) is 17.3 Å². The first kappa shape index (κ1) is 14.3. The molecule has 0 fully saturated rings. The molecule has 0 bridgehead atoms. The number of thioether (sulfide) groups is 1. The summed E-state index contributed by atoms with van der Waals surface area (Å²) in [6, 6.07) is 16.3. The molecule has 0 aliphatic carbocycles. The van der Waals surface area contributed by atoms with E-state index in [1.54, 1.807) is 25.3 Å². The Morgan fingerprint density at radius 3 is 2.68 bits per heavy atom. The summed E-state index contributed by atoms with van der Waals surface area (Å²) in [5.74, 6) is 1.05. The molecule has 1 aromatic heterocycles. The smallest absolute Gasteiger partial charge is 0.284 e. The van der Waals surface area contributed by atoms with E-state index in [-0.39, 0.29) is 10.3 Å². The Balaban J connectivity index is 1.78. The molecule has 0 aliphatic heterocycles. The first-order valence-corrected chi connectivity index (χ1v) is 7.33. The second-order valence-electron chi connectivity index (χ2n) is 4.36. The Hall–Kier alpha value is -2.60. The fraction of sp³-hybridized carbons (Fsp3) is 0.0625. The molecule has 3 aromatic rings. The number of ether oxygens (including phenoxy) is 1. The van der Waals surface area contributed by atoms with Gasteiger partial charge in [-0.25, -0.2) is 0 Å². The maximum atomic E-state index is 12.1. The quantitative estimate of drug-likeness (QED) is 0.685. The number of nitrogens with zero attached hydrogens (tertiary/aromatic N) is 2. The zero-order valence-corrected chi connectivity index (χ0v) is 12.5. The minimum Gasteiger partial charge on any atom is -0.497 e. The fourth-order valence-corrected chi connectivity index (χ4v) is 2.45. The standard InChI is InChI=1S/C16H12N2O3S/c1-20-13-9-5-8-12(10-13)14-17-18-16(21-14)22-15(19)11-6-3-2-4-7-11/h2-10H,1H3. The van der Waals surface area contributed by atoms with Gasteiger partial charge in [0, 0.05) is 22.9 Å². The number of benzene rings is 2. The van der Waals surface area contributed by atoms with Crippen molar-refractivity contribution in [3.63, 3.8) is 0 Å². The van der Waals surface area contributed by atoms with Crippen LogP contribution in [0.25, 0.3) is 11.5 Å². The number of hydrogen-bond donors (Lipinski definition) is 0. The molecule has 0 amide bonds. The number of carbonyl (C=O) groups excluding carboxylic acids is 1. The van der Waals surface area contributed by atoms with E-state index in [1.807, 2.05) is 36.4 Å². The first-order valence-electron chi connectivity index (χ1n) is 6.51. The SMILES string of the molecule is COc1cccc(-c2nnc(SC(=O)c3ccccc3)o2)c1. The molecule has 110 valence electrons. The van der Waals surface area contributed by atoms with Crippen LogP contribution in [0.3, 0.4) is 0 Å². The van der Waals surface area contributed by atoms with Crippen molar-refractivity contribution < 1.29 is 13.9 Å². The number of aromatic nitrogens is 2. The third-order valence-corrected chi connectivity index (χ3v) is 3.67. The van der Waals surface area contributed by atoms with Crippen LogP contribution in [-0.4, -0.2) is 22.4 Å².